The van der Waals surface area contributed by atoms with Gasteiger partial charge in [-0.3, -0.25) is 0 Å². The fourth-order valence-electron chi connectivity index (χ4n) is 2.53. The highest BCUT2D eigenvalue weighted by Crippen LogP contribution is 2.33. The number of ether oxygens (including phenoxy) is 2. The quantitative estimate of drug-likeness (QED) is 0.601. The van der Waals surface area contributed by atoms with E-state index in [4.69, 9.17) is 14.3 Å². The zero-order valence-corrected chi connectivity index (χ0v) is 18.8. The molecule has 0 aliphatic carbocycles. The van der Waals surface area contributed by atoms with Crippen molar-refractivity contribution >= 4 is 46.0 Å². The summed E-state index contributed by atoms with van der Waals surface area (Å²) in [6.45, 7) is 10.9. The van der Waals surface area contributed by atoms with E-state index in [1.807, 2.05) is 58.9 Å². The Kier molecular flexibility index (Phi) is 11.1. The van der Waals surface area contributed by atoms with Crippen molar-refractivity contribution in [2.24, 2.45) is 0 Å². The predicted octanol–water partition coefficient (Wildman–Crippen LogP) is 4.83. The topological polar surface area (TPSA) is 76.2 Å². The van der Waals surface area contributed by atoms with Gasteiger partial charge < -0.3 is 24.1 Å². The number of amides is 1. The van der Waals surface area contributed by atoms with E-state index in [0.29, 0.717) is 24.6 Å². The second-order valence-corrected chi connectivity index (χ2v) is 8.43. The van der Waals surface area contributed by atoms with Crippen LogP contribution in [0.4, 0.5) is 10.5 Å². The van der Waals surface area contributed by atoms with E-state index in [2.05, 4.69) is 4.90 Å². The molecule has 0 aliphatic heterocycles. The second kappa shape index (κ2) is 12.2. The molecular weight excluding hydrogens is 404 g/mol. The average Bonchev–Trinajstić information content (AvgIpc) is 3.10. The Bertz CT molecular complexity index is 829. The number of carbonyl (C=O) groups is 3. The molecule has 0 N–H and O–H groups in total. The number of thiophene rings is 1. The molecule has 0 saturated carbocycles. The number of rotatable bonds is 6. The molecule has 1 aromatic carbocycles. The molecule has 8 heteroatoms. The molecule has 2 rings (SSSR count). The molecule has 0 radical (unpaired) electrons. The first kappa shape index (κ1) is 27.4. The molecule has 7 nitrogen and oxygen atoms in total. The molecule has 1 amide bonds. The minimum absolute atomic E-state index is 0. The van der Waals surface area contributed by atoms with Gasteiger partial charge in [-0.2, -0.15) is 0 Å². The number of benzene rings is 1. The molecule has 0 bridgehead atoms. The normalized spacial score (nSPS) is 10.3. The van der Waals surface area contributed by atoms with Crippen LogP contribution in [0, 0.1) is 0 Å². The van der Waals surface area contributed by atoms with Gasteiger partial charge in [0.1, 0.15) is 17.3 Å². The van der Waals surface area contributed by atoms with E-state index < -0.39 is 5.60 Å². The monoisotopic (exact) mass is 438 g/mol. The van der Waals surface area contributed by atoms with Crippen LogP contribution < -0.4 is 4.90 Å². The molecule has 0 saturated heterocycles. The van der Waals surface area contributed by atoms with Crippen molar-refractivity contribution in [3.8, 4) is 0 Å². The van der Waals surface area contributed by atoms with Gasteiger partial charge in [0.05, 0.1) is 6.61 Å². The fraction of sp³-hybridized carbons (Fsp3) is 0.500. The molecule has 30 heavy (non-hydrogen) atoms. The molecule has 0 unspecified atom stereocenters. The number of anilines is 1. The standard InChI is InChI=1S/C20H28N2O4S.CH2O.CH4/c1-7-25-18(23)17-13-14-15(9-8-10-16(14)27-17)21(5)11-12-22(6)19(24)26-20(2,3)4;1-2;/h8-10,13H,7,11-12H2,1-6H3;1H2;1H4. The van der Waals surface area contributed by atoms with E-state index >= 15 is 0 Å². The maximum Gasteiger partial charge on any atom is 0.410 e. The van der Waals surface area contributed by atoms with E-state index in [1.54, 1.807) is 18.9 Å². The summed E-state index contributed by atoms with van der Waals surface area (Å²) in [5, 5.41) is 1.01. The van der Waals surface area contributed by atoms with Crippen molar-refractivity contribution in [2.45, 2.75) is 40.7 Å². The Hall–Kier alpha value is -2.61. The molecule has 0 atom stereocenters. The molecule has 0 spiro atoms. The summed E-state index contributed by atoms with van der Waals surface area (Å²) in [6, 6.07) is 7.85. The number of fused-ring (bicyclic) bond motifs is 1. The van der Waals surface area contributed by atoms with Gasteiger partial charge in [-0.05, 0) is 45.9 Å². The number of likely N-dealkylation sites (N-methyl/N-ethyl adjacent to an activating group) is 2. The lowest BCUT2D eigenvalue weighted by atomic mass is 10.2. The fourth-order valence-corrected chi connectivity index (χ4v) is 3.51. The Morgan fingerprint density at radius 3 is 2.33 bits per heavy atom. The summed E-state index contributed by atoms with van der Waals surface area (Å²) < 4.78 is 11.5. The van der Waals surface area contributed by atoms with Gasteiger partial charge in [-0.15, -0.1) is 11.3 Å². The van der Waals surface area contributed by atoms with Gasteiger partial charge in [-0.25, -0.2) is 9.59 Å². The predicted molar refractivity (Wildman–Crippen MR) is 124 cm³/mol. The molecule has 0 fully saturated rings. The third kappa shape index (κ3) is 7.67. The maximum absolute atomic E-state index is 12.1. The van der Waals surface area contributed by atoms with E-state index in [-0.39, 0.29) is 19.5 Å². The van der Waals surface area contributed by atoms with E-state index in [1.165, 1.54) is 11.3 Å². The van der Waals surface area contributed by atoms with Crippen molar-refractivity contribution < 1.29 is 23.9 Å². The number of esters is 1. The minimum Gasteiger partial charge on any atom is -0.462 e. The highest BCUT2D eigenvalue weighted by atomic mass is 32.1. The molecule has 1 aromatic heterocycles. The molecule has 1 heterocycles. The van der Waals surface area contributed by atoms with Crippen LogP contribution in [0.3, 0.4) is 0 Å². The maximum atomic E-state index is 12.1. The number of carbonyl (C=O) groups excluding carboxylic acids is 3. The van der Waals surface area contributed by atoms with Gasteiger partial charge in [0.15, 0.2) is 0 Å². The Labute approximate surface area is 183 Å². The highest BCUT2D eigenvalue weighted by Gasteiger charge is 2.20. The summed E-state index contributed by atoms with van der Waals surface area (Å²) in [7, 11) is 3.70. The minimum atomic E-state index is -0.511. The van der Waals surface area contributed by atoms with Gasteiger partial charge in [0.25, 0.3) is 0 Å². The number of nitrogens with zero attached hydrogens (tertiary/aromatic N) is 2. The zero-order valence-electron chi connectivity index (χ0n) is 18.0. The summed E-state index contributed by atoms with van der Waals surface area (Å²) >= 11 is 1.43. The first-order chi connectivity index (χ1) is 13.6. The molecule has 2 aromatic rings. The van der Waals surface area contributed by atoms with Crippen molar-refractivity contribution in [3.63, 3.8) is 0 Å². The summed E-state index contributed by atoms with van der Waals surface area (Å²) in [4.78, 5) is 36.4. The van der Waals surface area contributed by atoms with Crippen LogP contribution in [-0.2, 0) is 14.3 Å². The van der Waals surface area contributed by atoms with E-state index in [9.17, 15) is 9.59 Å². The second-order valence-electron chi connectivity index (χ2n) is 7.34. The third-order valence-electron chi connectivity index (χ3n) is 3.90. The lowest BCUT2D eigenvalue weighted by molar-refractivity contribution is -0.0980. The van der Waals surface area contributed by atoms with Crippen LogP contribution in [0.25, 0.3) is 10.1 Å². The van der Waals surface area contributed by atoms with Crippen LogP contribution in [0.2, 0.25) is 0 Å². The summed E-state index contributed by atoms with van der Waals surface area (Å²) in [5.41, 5.74) is 0.500. The Morgan fingerprint density at radius 2 is 1.77 bits per heavy atom. The van der Waals surface area contributed by atoms with Crippen LogP contribution in [-0.4, -0.2) is 63.1 Å². The molecular formula is C22H34N2O5S. The van der Waals surface area contributed by atoms with Gasteiger partial charge in [-0.1, -0.05) is 13.5 Å². The summed E-state index contributed by atoms with van der Waals surface area (Å²) in [6.07, 6.45) is -0.339. The lowest BCUT2D eigenvalue weighted by Gasteiger charge is -2.27. The smallest absolute Gasteiger partial charge is 0.410 e. The van der Waals surface area contributed by atoms with Gasteiger partial charge >= 0.3 is 12.1 Å². The Balaban J connectivity index is 0.00000272. The van der Waals surface area contributed by atoms with Crippen LogP contribution >= 0.6 is 11.3 Å². The number of hydrogen-bond donors (Lipinski definition) is 0. The van der Waals surface area contributed by atoms with Crippen molar-refractivity contribution in [1.29, 1.82) is 0 Å². The van der Waals surface area contributed by atoms with Crippen LogP contribution in [0.15, 0.2) is 24.3 Å². The Morgan fingerprint density at radius 1 is 1.13 bits per heavy atom. The SMILES string of the molecule is C.C=O.CCOC(=O)c1cc2c(N(C)CCN(C)C(=O)OC(C)(C)C)cccc2s1. The average molecular weight is 439 g/mol. The molecule has 0 aliphatic rings. The van der Waals surface area contributed by atoms with Crippen molar-refractivity contribution in [3.05, 3.63) is 29.1 Å². The summed E-state index contributed by atoms with van der Waals surface area (Å²) in [5.74, 6) is -0.294. The van der Waals surface area contributed by atoms with Gasteiger partial charge in [0, 0.05) is 43.0 Å². The van der Waals surface area contributed by atoms with Gasteiger partial charge in [0.2, 0.25) is 0 Å². The zero-order chi connectivity index (χ0) is 22.2. The third-order valence-corrected chi connectivity index (χ3v) is 4.98. The van der Waals surface area contributed by atoms with Crippen LogP contribution in [0.5, 0.6) is 0 Å². The first-order valence-electron chi connectivity index (χ1n) is 9.26. The molecule has 168 valence electrons. The number of hydrogen-bond acceptors (Lipinski definition) is 7. The van der Waals surface area contributed by atoms with Crippen molar-refractivity contribution in [1.82, 2.24) is 4.90 Å². The van der Waals surface area contributed by atoms with Crippen molar-refractivity contribution in [2.75, 3.05) is 38.7 Å². The first-order valence-corrected chi connectivity index (χ1v) is 10.1. The highest BCUT2D eigenvalue weighted by molar-refractivity contribution is 7.20. The van der Waals surface area contributed by atoms with E-state index in [0.717, 1.165) is 15.8 Å². The van der Waals surface area contributed by atoms with Crippen LogP contribution in [0.1, 0.15) is 44.8 Å². The largest absolute Gasteiger partial charge is 0.462 e. The lowest BCUT2D eigenvalue weighted by Crippen LogP contribution is -2.38.